The Labute approximate surface area is 119 Å². The van der Waals surface area contributed by atoms with Crippen LogP contribution in [0, 0.1) is 5.92 Å². The molecule has 2 N–H and O–H groups in total. The summed E-state index contributed by atoms with van der Waals surface area (Å²) in [4.78, 5) is 5.38. The molecule has 112 valence electrons. The van der Waals surface area contributed by atoms with E-state index in [0.717, 1.165) is 18.5 Å². The summed E-state index contributed by atoms with van der Waals surface area (Å²) < 4.78 is 0. The molecular formula is C16H33N3. The predicted molar refractivity (Wildman–Crippen MR) is 82.3 cm³/mol. The molecule has 0 spiro atoms. The first kappa shape index (κ1) is 15.3. The standard InChI is InChI=1S/C16H33N3/c1-2-16(8-9-17)19-12-10-18(11-13-19)14-15-6-4-3-5-7-15/h15-16H,2-14,17H2,1H3. The van der Waals surface area contributed by atoms with E-state index < -0.39 is 0 Å². The highest BCUT2D eigenvalue weighted by Crippen LogP contribution is 2.25. The SMILES string of the molecule is CCC(CCN)N1CCN(CC2CCCCC2)CC1. The van der Waals surface area contributed by atoms with Crippen LogP contribution in [0.3, 0.4) is 0 Å². The van der Waals surface area contributed by atoms with Crippen LogP contribution in [-0.2, 0) is 0 Å². The van der Waals surface area contributed by atoms with E-state index >= 15 is 0 Å². The number of piperazine rings is 1. The lowest BCUT2D eigenvalue weighted by Crippen LogP contribution is -2.51. The molecule has 0 aromatic heterocycles. The summed E-state index contributed by atoms with van der Waals surface area (Å²) in [7, 11) is 0. The summed E-state index contributed by atoms with van der Waals surface area (Å²) in [5, 5.41) is 0. The monoisotopic (exact) mass is 267 g/mol. The lowest BCUT2D eigenvalue weighted by atomic mass is 9.89. The Balaban J connectivity index is 1.69. The Kier molecular flexibility index (Phi) is 6.62. The van der Waals surface area contributed by atoms with Crippen LogP contribution in [0.15, 0.2) is 0 Å². The van der Waals surface area contributed by atoms with Crippen molar-refractivity contribution in [3.63, 3.8) is 0 Å². The largest absolute Gasteiger partial charge is 0.330 e. The number of hydrogen-bond acceptors (Lipinski definition) is 3. The zero-order chi connectivity index (χ0) is 13.5. The summed E-state index contributed by atoms with van der Waals surface area (Å²) in [6.45, 7) is 9.56. The first-order valence-corrected chi connectivity index (χ1v) is 8.50. The van der Waals surface area contributed by atoms with Gasteiger partial charge in [-0.05, 0) is 38.1 Å². The summed E-state index contributed by atoms with van der Waals surface area (Å²) >= 11 is 0. The van der Waals surface area contributed by atoms with Gasteiger partial charge in [0.05, 0.1) is 0 Å². The van der Waals surface area contributed by atoms with Gasteiger partial charge in [0.2, 0.25) is 0 Å². The Morgan fingerprint density at radius 3 is 2.32 bits per heavy atom. The van der Waals surface area contributed by atoms with Gasteiger partial charge in [-0.2, -0.15) is 0 Å². The third-order valence-corrected chi connectivity index (χ3v) is 5.14. The van der Waals surface area contributed by atoms with Gasteiger partial charge in [0, 0.05) is 38.8 Å². The Hall–Kier alpha value is -0.120. The van der Waals surface area contributed by atoms with E-state index in [1.165, 1.54) is 77.7 Å². The fraction of sp³-hybridized carbons (Fsp3) is 1.00. The van der Waals surface area contributed by atoms with Crippen LogP contribution >= 0.6 is 0 Å². The molecular weight excluding hydrogens is 234 g/mol. The Bertz CT molecular complexity index is 230. The van der Waals surface area contributed by atoms with Gasteiger partial charge in [-0.3, -0.25) is 4.90 Å². The van der Waals surface area contributed by atoms with Crippen LogP contribution in [0.25, 0.3) is 0 Å². The molecule has 3 heteroatoms. The van der Waals surface area contributed by atoms with Crippen LogP contribution in [0.2, 0.25) is 0 Å². The van der Waals surface area contributed by atoms with Crippen molar-refractivity contribution in [2.45, 2.75) is 57.9 Å². The molecule has 1 aliphatic heterocycles. The van der Waals surface area contributed by atoms with E-state index in [2.05, 4.69) is 16.7 Å². The molecule has 1 heterocycles. The van der Waals surface area contributed by atoms with E-state index in [1.807, 2.05) is 0 Å². The van der Waals surface area contributed by atoms with Gasteiger partial charge in [0.15, 0.2) is 0 Å². The minimum Gasteiger partial charge on any atom is -0.330 e. The van der Waals surface area contributed by atoms with Crippen molar-refractivity contribution in [1.82, 2.24) is 9.80 Å². The molecule has 0 bridgehead atoms. The maximum Gasteiger partial charge on any atom is 0.0113 e. The number of hydrogen-bond donors (Lipinski definition) is 1. The highest BCUT2D eigenvalue weighted by Gasteiger charge is 2.24. The maximum atomic E-state index is 5.73. The molecule has 0 aromatic rings. The van der Waals surface area contributed by atoms with Gasteiger partial charge in [-0.1, -0.05) is 26.2 Å². The van der Waals surface area contributed by atoms with Crippen LogP contribution in [0.5, 0.6) is 0 Å². The number of rotatable bonds is 6. The van der Waals surface area contributed by atoms with Crippen molar-refractivity contribution in [2.24, 2.45) is 11.7 Å². The van der Waals surface area contributed by atoms with Gasteiger partial charge < -0.3 is 10.6 Å². The van der Waals surface area contributed by atoms with E-state index in [9.17, 15) is 0 Å². The molecule has 1 saturated carbocycles. The molecule has 0 radical (unpaired) electrons. The third kappa shape index (κ3) is 4.73. The van der Waals surface area contributed by atoms with Crippen molar-refractivity contribution in [1.29, 1.82) is 0 Å². The van der Waals surface area contributed by atoms with Crippen LogP contribution < -0.4 is 5.73 Å². The van der Waals surface area contributed by atoms with Crippen molar-refractivity contribution in [3.05, 3.63) is 0 Å². The summed E-state index contributed by atoms with van der Waals surface area (Å²) in [6.07, 6.45) is 9.79. The molecule has 1 saturated heterocycles. The van der Waals surface area contributed by atoms with Crippen LogP contribution in [-0.4, -0.2) is 55.1 Å². The van der Waals surface area contributed by atoms with Gasteiger partial charge in [-0.15, -0.1) is 0 Å². The minimum atomic E-state index is 0.724. The molecule has 2 fully saturated rings. The maximum absolute atomic E-state index is 5.73. The van der Waals surface area contributed by atoms with Crippen molar-refractivity contribution < 1.29 is 0 Å². The summed E-state index contributed by atoms with van der Waals surface area (Å²) in [5.41, 5.74) is 5.73. The van der Waals surface area contributed by atoms with Gasteiger partial charge in [-0.25, -0.2) is 0 Å². The highest BCUT2D eigenvalue weighted by atomic mass is 15.3. The van der Waals surface area contributed by atoms with E-state index in [4.69, 9.17) is 5.73 Å². The lowest BCUT2D eigenvalue weighted by molar-refractivity contribution is 0.0770. The second-order valence-electron chi connectivity index (χ2n) is 6.48. The molecule has 1 unspecified atom stereocenters. The number of nitrogens with zero attached hydrogens (tertiary/aromatic N) is 2. The van der Waals surface area contributed by atoms with Crippen LogP contribution in [0.1, 0.15) is 51.9 Å². The van der Waals surface area contributed by atoms with Crippen LogP contribution in [0.4, 0.5) is 0 Å². The molecule has 19 heavy (non-hydrogen) atoms. The van der Waals surface area contributed by atoms with E-state index in [1.54, 1.807) is 0 Å². The number of nitrogens with two attached hydrogens (primary N) is 1. The topological polar surface area (TPSA) is 32.5 Å². The lowest BCUT2D eigenvalue weighted by Gasteiger charge is -2.40. The van der Waals surface area contributed by atoms with E-state index in [-0.39, 0.29) is 0 Å². The fourth-order valence-electron chi connectivity index (χ4n) is 3.88. The highest BCUT2D eigenvalue weighted by molar-refractivity contribution is 4.80. The summed E-state index contributed by atoms with van der Waals surface area (Å²) in [5.74, 6) is 0.992. The predicted octanol–water partition coefficient (Wildman–Crippen LogP) is 2.31. The average molecular weight is 267 g/mol. The minimum absolute atomic E-state index is 0.724. The zero-order valence-electron chi connectivity index (χ0n) is 12.8. The molecule has 2 aliphatic rings. The molecule has 3 nitrogen and oxygen atoms in total. The third-order valence-electron chi connectivity index (χ3n) is 5.14. The summed E-state index contributed by atoms with van der Waals surface area (Å²) in [6, 6.07) is 0.724. The van der Waals surface area contributed by atoms with Gasteiger partial charge in [0.1, 0.15) is 0 Å². The first-order valence-electron chi connectivity index (χ1n) is 8.50. The normalized spacial score (nSPS) is 25.6. The molecule has 2 rings (SSSR count). The van der Waals surface area contributed by atoms with Crippen molar-refractivity contribution in [2.75, 3.05) is 39.3 Å². The second-order valence-corrected chi connectivity index (χ2v) is 6.48. The zero-order valence-corrected chi connectivity index (χ0v) is 12.8. The quantitative estimate of drug-likeness (QED) is 0.801. The molecule has 1 atom stereocenters. The first-order chi connectivity index (χ1) is 9.33. The molecule has 1 aliphatic carbocycles. The van der Waals surface area contributed by atoms with Crippen molar-refractivity contribution in [3.8, 4) is 0 Å². The Morgan fingerprint density at radius 2 is 1.74 bits per heavy atom. The van der Waals surface area contributed by atoms with Gasteiger partial charge >= 0.3 is 0 Å². The Morgan fingerprint density at radius 1 is 1.05 bits per heavy atom. The van der Waals surface area contributed by atoms with Crippen molar-refractivity contribution >= 4 is 0 Å². The average Bonchev–Trinajstić information content (AvgIpc) is 2.47. The molecule has 0 aromatic carbocycles. The molecule has 0 amide bonds. The fourth-order valence-corrected chi connectivity index (χ4v) is 3.88. The second kappa shape index (κ2) is 8.23. The van der Waals surface area contributed by atoms with Gasteiger partial charge in [0.25, 0.3) is 0 Å². The smallest absolute Gasteiger partial charge is 0.0113 e. The van der Waals surface area contributed by atoms with E-state index in [0.29, 0.717) is 0 Å².